The number of likely N-dealkylation sites (tertiary alicyclic amines) is 1. The van der Waals surface area contributed by atoms with Gasteiger partial charge in [0, 0.05) is 39.4 Å². The van der Waals surface area contributed by atoms with E-state index in [0.29, 0.717) is 6.04 Å². The fourth-order valence-electron chi connectivity index (χ4n) is 3.54. The highest BCUT2D eigenvalue weighted by Crippen LogP contribution is 2.37. The predicted octanol–water partition coefficient (Wildman–Crippen LogP) is 1.24. The minimum atomic E-state index is 0.187. The molecule has 4 nitrogen and oxygen atoms in total. The topological polar surface area (TPSA) is 47.7 Å². The van der Waals surface area contributed by atoms with Gasteiger partial charge in [-0.05, 0) is 18.3 Å². The van der Waals surface area contributed by atoms with Crippen LogP contribution in [0.5, 0.6) is 0 Å². The van der Waals surface area contributed by atoms with Crippen molar-refractivity contribution in [3.8, 4) is 0 Å². The predicted molar refractivity (Wildman–Crippen MR) is 72.6 cm³/mol. The van der Waals surface area contributed by atoms with Gasteiger partial charge in [-0.3, -0.25) is 4.90 Å². The number of nitrogens with zero attached hydrogens (tertiary/aromatic N) is 1. The van der Waals surface area contributed by atoms with E-state index in [9.17, 15) is 0 Å². The van der Waals surface area contributed by atoms with Crippen LogP contribution in [-0.4, -0.2) is 56.5 Å². The van der Waals surface area contributed by atoms with Crippen molar-refractivity contribution in [3.63, 3.8) is 0 Å². The van der Waals surface area contributed by atoms with Crippen molar-refractivity contribution >= 4 is 0 Å². The van der Waals surface area contributed by atoms with E-state index in [1.165, 1.54) is 19.3 Å². The molecule has 2 N–H and O–H groups in total. The number of hydrogen-bond acceptors (Lipinski definition) is 4. The van der Waals surface area contributed by atoms with E-state index in [0.717, 1.165) is 13.1 Å². The van der Waals surface area contributed by atoms with Gasteiger partial charge in [0.25, 0.3) is 0 Å². The van der Waals surface area contributed by atoms with Crippen LogP contribution in [0.4, 0.5) is 0 Å². The summed E-state index contributed by atoms with van der Waals surface area (Å²) in [5.74, 6) is 0. The Labute approximate surface area is 111 Å². The first-order valence-electron chi connectivity index (χ1n) is 7.05. The molecule has 0 aromatic carbocycles. The Morgan fingerprint density at radius 2 is 1.67 bits per heavy atom. The van der Waals surface area contributed by atoms with E-state index < -0.39 is 0 Å². The van der Waals surface area contributed by atoms with Gasteiger partial charge in [-0.2, -0.15) is 0 Å². The molecular weight excluding hydrogens is 228 g/mol. The molecule has 2 fully saturated rings. The molecule has 0 aromatic rings. The van der Waals surface area contributed by atoms with Crippen LogP contribution in [0.15, 0.2) is 0 Å². The Bertz CT molecular complexity index is 271. The summed E-state index contributed by atoms with van der Waals surface area (Å²) in [6, 6.07) is 0.728. The normalized spacial score (nSPS) is 41.2. The molecule has 1 aliphatic heterocycles. The SMILES string of the molecule is COC1CN(C2CCCC(C)(C)C2N)CC1OC. The lowest BCUT2D eigenvalue weighted by atomic mass is 9.71. The summed E-state index contributed by atoms with van der Waals surface area (Å²) in [4.78, 5) is 2.48. The van der Waals surface area contributed by atoms with E-state index in [2.05, 4.69) is 18.7 Å². The van der Waals surface area contributed by atoms with Gasteiger partial charge >= 0.3 is 0 Å². The quantitative estimate of drug-likeness (QED) is 0.825. The first kappa shape index (κ1) is 14.3. The zero-order valence-corrected chi connectivity index (χ0v) is 12.2. The summed E-state index contributed by atoms with van der Waals surface area (Å²) in [7, 11) is 3.54. The number of methoxy groups -OCH3 is 2. The maximum absolute atomic E-state index is 6.49. The van der Waals surface area contributed by atoms with Crippen molar-refractivity contribution in [2.24, 2.45) is 11.1 Å². The van der Waals surface area contributed by atoms with Gasteiger partial charge in [0.1, 0.15) is 0 Å². The van der Waals surface area contributed by atoms with Crippen LogP contribution in [-0.2, 0) is 9.47 Å². The first-order chi connectivity index (χ1) is 8.49. The van der Waals surface area contributed by atoms with Crippen molar-refractivity contribution in [1.29, 1.82) is 0 Å². The minimum absolute atomic E-state index is 0.187. The Kier molecular flexibility index (Phi) is 4.32. The highest BCUT2D eigenvalue weighted by Gasteiger charge is 2.43. The fraction of sp³-hybridized carbons (Fsp3) is 1.00. The first-order valence-corrected chi connectivity index (χ1v) is 7.05. The average molecular weight is 256 g/mol. The van der Waals surface area contributed by atoms with Crippen molar-refractivity contribution in [3.05, 3.63) is 0 Å². The molecule has 18 heavy (non-hydrogen) atoms. The van der Waals surface area contributed by atoms with Gasteiger partial charge < -0.3 is 15.2 Å². The lowest BCUT2D eigenvalue weighted by Gasteiger charge is -2.45. The third-order valence-electron chi connectivity index (χ3n) is 4.96. The van der Waals surface area contributed by atoms with Crippen LogP contribution in [0.1, 0.15) is 33.1 Å². The van der Waals surface area contributed by atoms with Crippen LogP contribution in [0.3, 0.4) is 0 Å². The second kappa shape index (κ2) is 5.45. The summed E-state index contributed by atoms with van der Waals surface area (Å²) in [5.41, 5.74) is 6.73. The lowest BCUT2D eigenvalue weighted by molar-refractivity contribution is -0.00461. The molecule has 1 aliphatic carbocycles. The monoisotopic (exact) mass is 256 g/mol. The molecule has 0 aromatic heterocycles. The van der Waals surface area contributed by atoms with E-state index in [1.54, 1.807) is 14.2 Å². The molecule has 4 atom stereocenters. The Balaban J connectivity index is 2.04. The standard InChI is InChI=1S/C14H28N2O2/c1-14(2)7-5-6-10(13(14)15)16-8-11(17-3)12(9-16)18-4/h10-13H,5-9,15H2,1-4H3. The summed E-state index contributed by atoms with van der Waals surface area (Å²) >= 11 is 0. The second-order valence-corrected chi connectivity index (χ2v) is 6.48. The zero-order valence-electron chi connectivity index (χ0n) is 12.2. The van der Waals surface area contributed by atoms with Gasteiger partial charge in [-0.25, -0.2) is 0 Å². The Morgan fingerprint density at radius 3 is 2.17 bits per heavy atom. The minimum Gasteiger partial charge on any atom is -0.377 e. The molecule has 0 radical (unpaired) electrons. The Morgan fingerprint density at radius 1 is 1.11 bits per heavy atom. The molecule has 106 valence electrons. The molecule has 2 rings (SSSR count). The van der Waals surface area contributed by atoms with E-state index in [1.807, 2.05) is 0 Å². The van der Waals surface area contributed by atoms with Crippen LogP contribution in [0, 0.1) is 5.41 Å². The van der Waals surface area contributed by atoms with Gasteiger partial charge in [0.2, 0.25) is 0 Å². The highest BCUT2D eigenvalue weighted by atomic mass is 16.5. The summed E-state index contributed by atoms with van der Waals surface area (Å²) in [6.45, 7) is 6.48. The van der Waals surface area contributed by atoms with E-state index in [-0.39, 0.29) is 23.7 Å². The average Bonchev–Trinajstić information content (AvgIpc) is 2.75. The van der Waals surface area contributed by atoms with Gasteiger partial charge in [-0.1, -0.05) is 20.3 Å². The molecular formula is C14H28N2O2. The molecule has 4 unspecified atom stereocenters. The number of rotatable bonds is 3. The molecule has 1 saturated carbocycles. The third-order valence-corrected chi connectivity index (χ3v) is 4.96. The van der Waals surface area contributed by atoms with Gasteiger partial charge in [0.05, 0.1) is 12.2 Å². The Hall–Kier alpha value is -0.160. The van der Waals surface area contributed by atoms with Crippen molar-refractivity contribution < 1.29 is 9.47 Å². The van der Waals surface area contributed by atoms with E-state index in [4.69, 9.17) is 15.2 Å². The maximum atomic E-state index is 6.49. The van der Waals surface area contributed by atoms with Crippen molar-refractivity contribution in [1.82, 2.24) is 4.90 Å². The molecule has 1 heterocycles. The number of nitrogens with two attached hydrogens (primary N) is 1. The van der Waals surface area contributed by atoms with Gasteiger partial charge in [-0.15, -0.1) is 0 Å². The molecule has 2 aliphatic rings. The molecule has 0 amide bonds. The highest BCUT2D eigenvalue weighted by molar-refractivity contribution is 5.00. The number of hydrogen-bond donors (Lipinski definition) is 1. The third kappa shape index (κ3) is 2.57. The van der Waals surface area contributed by atoms with Crippen molar-refractivity contribution in [2.45, 2.75) is 57.4 Å². The summed E-state index contributed by atoms with van der Waals surface area (Å²) < 4.78 is 11.0. The van der Waals surface area contributed by atoms with Crippen molar-refractivity contribution in [2.75, 3.05) is 27.3 Å². The smallest absolute Gasteiger partial charge is 0.0971 e. The van der Waals surface area contributed by atoms with Crippen LogP contribution in [0.25, 0.3) is 0 Å². The van der Waals surface area contributed by atoms with Crippen LogP contribution < -0.4 is 5.73 Å². The fourth-order valence-corrected chi connectivity index (χ4v) is 3.54. The van der Waals surface area contributed by atoms with Crippen LogP contribution >= 0.6 is 0 Å². The summed E-state index contributed by atoms with van der Waals surface area (Å²) in [5, 5.41) is 0. The largest absolute Gasteiger partial charge is 0.377 e. The zero-order chi connectivity index (χ0) is 13.3. The van der Waals surface area contributed by atoms with Gasteiger partial charge in [0.15, 0.2) is 0 Å². The molecule has 1 saturated heterocycles. The summed E-state index contributed by atoms with van der Waals surface area (Å²) in [6.07, 6.45) is 4.09. The van der Waals surface area contributed by atoms with Crippen LogP contribution in [0.2, 0.25) is 0 Å². The molecule has 0 spiro atoms. The maximum Gasteiger partial charge on any atom is 0.0971 e. The molecule has 0 bridgehead atoms. The second-order valence-electron chi connectivity index (χ2n) is 6.48. The molecule has 4 heteroatoms. The number of ether oxygens (including phenoxy) is 2. The lowest BCUT2D eigenvalue weighted by Crippen LogP contribution is -2.56. The van der Waals surface area contributed by atoms with E-state index >= 15 is 0 Å².